The molecule has 118 valence electrons. The normalized spacial score (nSPS) is 23.3. The number of likely N-dealkylation sites (tertiary alicyclic amines) is 1. The summed E-state index contributed by atoms with van der Waals surface area (Å²) in [6.07, 6.45) is 2.82. The molecule has 1 saturated heterocycles. The predicted octanol–water partition coefficient (Wildman–Crippen LogP) is 2.78. The summed E-state index contributed by atoms with van der Waals surface area (Å²) in [5, 5.41) is 7.04. The summed E-state index contributed by atoms with van der Waals surface area (Å²) in [5.41, 5.74) is 1.20. The van der Waals surface area contributed by atoms with Crippen molar-refractivity contribution in [3.05, 3.63) is 11.9 Å². The van der Waals surface area contributed by atoms with Crippen molar-refractivity contribution in [2.45, 2.75) is 46.1 Å². The zero-order chi connectivity index (χ0) is 15.4. The Kier molecular flexibility index (Phi) is 5.39. The largest absolute Gasteiger partial charge is 0.370 e. The van der Waals surface area contributed by atoms with Gasteiger partial charge in [0.15, 0.2) is 0 Å². The van der Waals surface area contributed by atoms with E-state index >= 15 is 0 Å². The van der Waals surface area contributed by atoms with Gasteiger partial charge in [0.05, 0.1) is 0 Å². The van der Waals surface area contributed by atoms with Crippen LogP contribution in [0.1, 0.15) is 45.6 Å². The molecule has 0 aromatic carbocycles. The van der Waals surface area contributed by atoms with E-state index in [1.54, 1.807) is 6.33 Å². The second kappa shape index (κ2) is 7.07. The number of nitrogens with one attached hydrogen (secondary N) is 2. The van der Waals surface area contributed by atoms with E-state index in [-0.39, 0.29) is 0 Å². The first-order valence-corrected chi connectivity index (χ1v) is 8.06. The van der Waals surface area contributed by atoms with E-state index in [1.807, 2.05) is 0 Å². The predicted molar refractivity (Wildman–Crippen MR) is 89.0 cm³/mol. The van der Waals surface area contributed by atoms with Crippen LogP contribution in [0.25, 0.3) is 0 Å². The van der Waals surface area contributed by atoms with Crippen LogP contribution >= 0.6 is 0 Å². The van der Waals surface area contributed by atoms with Gasteiger partial charge in [-0.25, -0.2) is 9.97 Å². The molecule has 5 heteroatoms. The number of anilines is 2. The van der Waals surface area contributed by atoms with Crippen molar-refractivity contribution in [1.29, 1.82) is 0 Å². The second-order valence-corrected chi connectivity index (χ2v) is 6.45. The van der Waals surface area contributed by atoms with E-state index in [1.165, 1.54) is 5.56 Å². The summed E-state index contributed by atoms with van der Waals surface area (Å²) in [6, 6.07) is 0.489. The van der Waals surface area contributed by atoms with Crippen LogP contribution in [0.3, 0.4) is 0 Å². The highest BCUT2D eigenvalue weighted by molar-refractivity contribution is 5.59. The van der Waals surface area contributed by atoms with E-state index < -0.39 is 0 Å². The first kappa shape index (κ1) is 16.0. The highest BCUT2D eigenvalue weighted by atomic mass is 15.1. The molecule has 1 aromatic rings. The Morgan fingerprint density at radius 2 is 2.05 bits per heavy atom. The number of rotatable bonds is 5. The van der Waals surface area contributed by atoms with Crippen molar-refractivity contribution in [3.8, 4) is 0 Å². The highest BCUT2D eigenvalue weighted by Gasteiger charge is 2.26. The maximum absolute atomic E-state index is 4.51. The molecule has 2 rings (SSSR count). The van der Waals surface area contributed by atoms with Gasteiger partial charge in [-0.15, -0.1) is 0 Å². The molecule has 0 bridgehead atoms. The minimum absolute atomic E-state index is 0.393. The zero-order valence-electron chi connectivity index (χ0n) is 14.0. The van der Waals surface area contributed by atoms with Gasteiger partial charge in [-0.1, -0.05) is 20.8 Å². The van der Waals surface area contributed by atoms with Crippen molar-refractivity contribution in [3.63, 3.8) is 0 Å². The SMILES string of the molecule is CCNc1ncnc(NC2CCN(C)CC2C)c1C(C)C. The van der Waals surface area contributed by atoms with Crippen LogP contribution in [0.15, 0.2) is 6.33 Å². The summed E-state index contributed by atoms with van der Waals surface area (Å²) >= 11 is 0. The lowest BCUT2D eigenvalue weighted by molar-refractivity contribution is 0.206. The molecular formula is C16H29N5. The molecule has 2 N–H and O–H groups in total. The third kappa shape index (κ3) is 3.84. The van der Waals surface area contributed by atoms with Gasteiger partial charge in [-0.05, 0) is 38.8 Å². The molecule has 0 aliphatic carbocycles. The minimum atomic E-state index is 0.393. The molecule has 2 heterocycles. The lowest BCUT2D eigenvalue weighted by Crippen LogP contribution is -2.43. The monoisotopic (exact) mass is 291 g/mol. The van der Waals surface area contributed by atoms with Crippen molar-refractivity contribution in [1.82, 2.24) is 14.9 Å². The maximum atomic E-state index is 4.51. The van der Waals surface area contributed by atoms with Crippen LogP contribution in [0.2, 0.25) is 0 Å². The average Bonchev–Trinajstić information content (AvgIpc) is 2.42. The van der Waals surface area contributed by atoms with Crippen LogP contribution in [-0.2, 0) is 0 Å². The fourth-order valence-electron chi connectivity index (χ4n) is 3.11. The van der Waals surface area contributed by atoms with E-state index in [0.717, 1.165) is 37.7 Å². The Bertz CT molecular complexity index is 460. The van der Waals surface area contributed by atoms with Gasteiger partial charge in [0, 0.05) is 24.7 Å². The number of piperidine rings is 1. The van der Waals surface area contributed by atoms with Crippen LogP contribution in [0.5, 0.6) is 0 Å². The number of aromatic nitrogens is 2. The summed E-state index contributed by atoms with van der Waals surface area (Å²) < 4.78 is 0. The zero-order valence-corrected chi connectivity index (χ0v) is 14.0. The van der Waals surface area contributed by atoms with Crippen molar-refractivity contribution in [2.24, 2.45) is 5.92 Å². The molecule has 0 spiro atoms. The Morgan fingerprint density at radius 3 is 2.67 bits per heavy atom. The molecule has 1 aliphatic rings. The first-order chi connectivity index (χ1) is 10.0. The van der Waals surface area contributed by atoms with Gasteiger partial charge in [0.1, 0.15) is 18.0 Å². The van der Waals surface area contributed by atoms with E-state index in [2.05, 4.69) is 60.2 Å². The fourth-order valence-corrected chi connectivity index (χ4v) is 3.11. The Morgan fingerprint density at radius 1 is 1.33 bits per heavy atom. The standard InChI is InChI=1S/C16H29N5/c1-6-17-15-14(11(2)3)16(19-10-18-15)20-13-7-8-21(5)9-12(13)4/h10-13H,6-9H2,1-5H3,(H2,17,18,19,20). The quantitative estimate of drug-likeness (QED) is 0.873. The van der Waals surface area contributed by atoms with Gasteiger partial charge in [-0.2, -0.15) is 0 Å². The lowest BCUT2D eigenvalue weighted by atomic mass is 9.93. The number of hydrogen-bond acceptors (Lipinski definition) is 5. The molecule has 21 heavy (non-hydrogen) atoms. The van der Waals surface area contributed by atoms with E-state index in [9.17, 15) is 0 Å². The second-order valence-electron chi connectivity index (χ2n) is 6.45. The smallest absolute Gasteiger partial charge is 0.135 e. The van der Waals surface area contributed by atoms with E-state index in [0.29, 0.717) is 17.9 Å². The Hall–Kier alpha value is -1.36. The van der Waals surface area contributed by atoms with Gasteiger partial charge in [0.25, 0.3) is 0 Å². The first-order valence-electron chi connectivity index (χ1n) is 8.06. The third-order valence-corrected chi connectivity index (χ3v) is 4.24. The van der Waals surface area contributed by atoms with Crippen molar-refractivity contribution in [2.75, 3.05) is 37.3 Å². The average molecular weight is 291 g/mol. The summed E-state index contributed by atoms with van der Waals surface area (Å²) in [5.74, 6) is 2.98. The third-order valence-electron chi connectivity index (χ3n) is 4.24. The molecule has 1 aliphatic heterocycles. The molecule has 0 amide bonds. The van der Waals surface area contributed by atoms with E-state index in [4.69, 9.17) is 0 Å². The molecule has 5 nitrogen and oxygen atoms in total. The Balaban J connectivity index is 2.21. The van der Waals surface area contributed by atoms with Crippen LogP contribution in [0, 0.1) is 5.92 Å². The Labute approximate surface area is 128 Å². The lowest BCUT2D eigenvalue weighted by Gasteiger charge is -2.36. The maximum Gasteiger partial charge on any atom is 0.135 e. The topological polar surface area (TPSA) is 53.1 Å². The molecule has 2 unspecified atom stereocenters. The van der Waals surface area contributed by atoms with Crippen LogP contribution < -0.4 is 10.6 Å². The minimum Gasteiger partial charge on any atom is -0.370 e. The summed E-state index contributed by atoms with van der Waals surface area (Å²) in [6.45, 7) is 12.0. The summed E-state index contributed by atoms with van der Waals surface area (Å²) in [4.78, 5) is 11.3. The number of hydrogen-bond donors (Lipinski definition) is 2. The van der Waals surface area contributed by atoms with Crippen molar-refractivity contribution < 1.29 is 0 Å². The summed E-state index contributed by atoms with van der Waals surface area (Å²) in [7, 11) is 2.19. The number of nitrogens with zero attached hydrogens (tertiary/aromatic N) is 3. The molecule has 0 radical (unpaired) electrons. The van der Waals surface area contributed by atoms with Crippen LogP contribution in [-0.4, -0.2) is 47.6 Å². The van der Waals surface area contributed by atoms with Gasteiger partial charge >= 0.3 is 0 Å². The molecule has 1 aromatic heterocycles. The van der Waals surface area contributed by atoms with Gasteiger partial charge in [0.2, 0.25) is 0 Å². The van der Waals surface area contributed by atoms with Crippen LogP contribution in [0.4, 0.5) is 11.6 Å². The molecule has 0 saturated carbocycles. The highest BCUT2D eigenvalue weighted by Crippen LogP contribution is 2.30. The van der Waals surface area contributed by atoms with Crippen molar-refractivity contribution >= 4 is 11.6 Å². The molecule has 2 atom stereocenters. The molecular weight excluding hydrogens is 262 g/mol. The molecule has 1 fully saturated rings. The fraction of sp³-hybridized carbons (Fsp3) is 0.750. The van der Waals surface area contributed by atoms with Gasteiger partial charge < -0.3 is 15.5 Å². The van der Waals surface area contributed by atoms with Gasteiger partial charge in [-0.3, -0.25) is 0 Å².